The SMILES string of the molecule is CCCNc1ncc(Br)c(NCc2ccc(CC)cc2)n1. The van der Waals surface area contributed by atoms with E-state index < -0.39 is 0 Å². The molecule has 2 aromatic rings. The molecule has 0 aliphatic rings. The van der Waals surface area contributed by atoms with Crippen LogP contribution < -0.4 is 10.6 Å². The first kappa shape index (κ1) is 15.8. The number of aromatic nitrogens is 2. The molecule has 0 saturated carbocycles. The summed E-state index contributed by atoms with van der Waals surface area (Å²) in [5.74, 6) is 1.46. The largest absolute Gasteiger partial charge is 0.365 e. The lowest BCUT2D eigenvalue weighted by Crippen LogP contribution is -2.08. The van der Waals surface area contributed by atoms with Gasteiger partial charge in [-0.15, -0.1) is 0 Å². The smallest absolute Gasteiger partial charge is 0.224 e. The van der Waals surface area contributed by atoms with Crippen LogP contribution in [0.3, 0.4) is 0 Å². The van der Waals surface area contributed by atoms with Crippen LogP contribution in [-0.4, -0.2) is 16.5 Å². The number of aryl methyl sites for hydroxylation is 1. The molecule has 0 spiro atoms. The van der Waals surface area contributed by atoms with Crippen LogP contribution in [0.25, 0.3) is 0 Å². The van der Waals surface area contributed by atoms with Crippen molar-refractivity contribution in [2.24, 2.45) is 0 Å². The summed E-state index contributed by atoms with van der Waals surface area (Å²) in [5, 5.41) is 6.54. The molecule has 0 aliphatic heterocycles. The van der Waals surface area contributed by atoms with Crippen molar-refractivity contribution in [3.8, 4) is 0 Å². The summed E-state index contributed by atoms with van der Waals surface area (Å²) in [6.07, 6.45) is 3.89. The zero-order chi connectivity index (χ0) is 15.1. The molecule has 0 amide bonds. The molecule has 1 aromatic heterocycles. The summed E-state index contributed by atoms with van der Waals surface area (Å²) in [4.78, 5) is 8.72. The number of hydrogen-bond acceptors (Lipinski definition) is 4. The third-order valence-electron chi connectivity index (χ3n) is 3.17. The molecule has 4 nitrogen and oxygen atoms in total. The number of benzene rings is 1. The first-order valence-electron chi connectivity index (χ1n) is 7.31. The van der Waals surface area contributed by atoms with Crippen LogP contribution >= 0.6 is 15.9 Å². The average Bonchev–Trinajstić information content (AvgIpc) is 2.53. The van der Waals surface area contributed by atoms with Gasteiger partial charge < -0.3 is 10.6 Å². The van der Waals surface area contributed by atoms with Gasteiger partial charge in [0, 0.05) is 19.3 Å². The Balaban J connectivity index is 2.00. The highest BCUT2D eigenvalue weighted by Crippen LogP contribution is 2.21. The van der Waals surface area contributed by atoms with E-state index in [9.17, 15) is 0 Å². The van der Waals surface area contributed by atoms with Crippen molar-refractivity contribution in [2.75, 3.05) is 17.2 Å². The molecule has 2 rings (SSSR count). The lowest BCUT2D eigenvalue weighted by molar-refractivity contribution is 0.948. The third-order valence-corrected chi connectivity index (χ3v) is 3.75. The molecule has 0 bridgehead atoms. The predicted molar refractivity (Wildman–Crippen MR) is 91.7 cm³/mol. The highest BCUT2D eigenvalue weighted by atomic mass is 79.9. The van der Waals surface area contributed by atoms with E-state index in [0.29, 0.717) is 5.95 Å². The van der Waals surface area contributed by atoms with E-state index in [4.69, 9.17) is 0 Å². The molecular formula is C16H21BrN4. The van der Waals surface area contributed by atoms with Crippen molar-refractivity contribution < 1.29 is 0 Å². The predicted octanol–water partition coefficient (Wildman–Crippen LogP) is 4.24. The summed E-state index contributed by atoms with van der Waals surface area (Å²) in [6, 6.07) is 8.63. The molecule has 5 heteroatoms. The molecule has 1 heterocycles. The van der Waals surface area contributed by atoms with Crippen LogP contribution in [-0.2, 0) is 13.0 Å². The fourth-order valence-corrected chi connectivity index (χ4v) is 2.22. The molecule has 0 radical (unpaired) electrons. The summed E-state index contributed by atoms with van der Waals surface area (Å²) >= 11 is 3.48. The Bertz CT molecular complexity index is 569. The third kappa shape index (κ3) is 4.70. The monoisotopic (exact) mass is 348 g/mol. The Kier molecular flexibility index (Phi) is 5.99. The second kappa shape index (κ2) is 7.98. The molecule has 21 heavy (non-hydrogen) atoms. The first-order chi connectivity index (χ1) is 10.2. The number of hydrogen-bond donors (Lipinski definition) is 2. The van der Waals surface area contributed by atoms with Crippen molar-refractivity contribution in [2.45, 2.75) is 33.2 Å². The average molecular weight is 349 g/mol. The van der Waals surface area contributed by atoms with Crippen molar-refractivity contribution in [1.29, 1.82) is 0 Å². The molecule has 1 aromatic carbocycles. The van der Waals surface area contributed by atoms with Gasteiger partial charge in [-0.3, -0.25) is 0 Å². The Morgan fingerprint density at radius 1 is 1.05 bits per heavy atom. The minimum absolute atomic E-state index is 0.656. The zero-order valence-corrected chi connectivity index (χ0v) is 14.1. The van der Waals surface area contributed by atoms with Gasteiger partial charge in [0.05, 0.1) is 4.47 Å². The number of anilines is 2. The van der Waals surface area contributed by atoms with Crippen LogP contribution in [0.15, 0.2) is 34.9 Å². The standard InChI is InChI=1S/C16H21BrN4/c1-3-9-18-16-20-11-14(17)15(21-16)19-10-13-7-5-12(4-2)6-8-13/h5-8,11H,3-4,9-10H2,1-2H3,(H2,18,19,20,21). The molecule has 2 N–H and O–H groups in total. The molecule has 0 atom stereocenters. The van der Waals surface area contributed by atoms with Gasteiger partial charge in [-0.25, -0.2) is 4.98 Å². The van der Waals surface area contributed by atoms with Crippen LogP contribution in [0.4, 0.5) is 11.8 Å². The maximum atomic E-state index is 4.48. The topological polar surface area (TPSA) is 49.8 Å². The molecule has 112 valence electrons. The molecule has 0 fully saturated rings. The van der Waals surface area contributed by atoms with Gasteiger partial charge in [0.1, 0.15) is 5.82 Å². The highest BCUT2D eigenvalue weighted by molar-refractivity contribution is 9.10. The van der Waals surface area contributed by atoms with Crippen molar-refractivity contribution in [3.63, 3.8) is 0 Å². The molecule has 0 saturated heterocycles. The molecule has 0 aliphatic carbocycles. The minimum Gasteiger partial charge on any atom is -0.365 e. The van der Waals surface area contributed by atoms with Crippen LogP contribution in [0.5, 0.6) is 0 Å². The summed E-state index contributed by atoms with van der Waals surface area (Å²) in [7, 11) is 0. The van der Waals surface area contributed by atoms with Crippen LogP contribution in [0.1, 0.15) is 31.4 Å². The number of nitrogens with zero attached hydrogens (tertiary/aromatic N) is 2. The van der Waals surface area contributed by atoms with E-state index >= 15 is 0 Å². The Hall–Kier alpha value is -1.62. The second-order valence-electron chi connectivity index (χ2n) is 4.84. The van der Waals surface area contributed by atoms with Crippen molar-refractivity contribution in [3.05, 3.63) is 46.1 Å². The van der Waals surface area contributed by atoms with Crippen LogP contribution in [0.2, 0.25) is 0 Å². The lowest BCUT2D eigenvalue weighted by atomic mass is 10.1. The normalized spacial score (nSPS) is 10.4. The number of halogens is 1. The Morgan fingerprint density at radius 2 is 1.76 bits per heavy atom. The van der Waals surface area contributed by atoms with Crippen LogP contribution in [0, 0.1) is 0 Å². The fourth-order valence-electron chi connectivity index (χ4n) is 1.89. The van der Waals surface area contributed by atoms with Gasteiger partial charge in [-0.1, -0.05) is 38.1 Å². The molecule has 0 unspecified atom stereocenters. The van der Waals surface area contributed by atoms with E-state index in [1.54, 1.807) is 6.20 Å². The van der Waals surface area contributed by atoms with E-state index in [1.807, 2.05) is 0 Å². The summed E-state index contributed by atoms with van der Waals surface area (Å²) in [6.45, 7) is 5.90. The highest BCUT2D eigenvalue weighted by Gasteiger charge is 2.04. The van der Waals surface area contributed by atoms with E-state index in [-0.39, 0.29) is 0 Å². The zero-order valence-electron chi connectivity index (χ0n) is 12.5. The van der Waals surface area contributed by atoms with Gasteiger partial charge in [0.25, 0.3) is 0 Å². The molecular weight excluding hydrogens is 328 g/mol. The van der Waals surface area contributed by atoms with Gasteiger partial charge >= 0.3 is 0 Å². The van der Waals surface area contributed by atoms with Gasteiger partial charge in [0.2, 0.25) is 5.95 Å². The second-order valence-corrected chi connectivity index (χ2v) is 5.69. The number of nitrogens with one attached hydrogen (secondary N) is 2. The quantitative estimate of drug-likeness (QED) is 0.785. The fraction of sp³-hybridized carbons (Fsp3) is 0.375. The van der Waals surface area contributed by atoms with E-state index in [0.717, 1.165) is 36.2 Å². The maximum Gasteiger partial charge on any atom is 0.224 e. The number of rotatable bonds is 7. The van der Waals surface area contributed by atoms with Gasteiger partial charge in [-0.2, -0.15) is 4.98 Å². The summed E-state index contributed by atoms with van der Waals surface area (Å²) < 4.78 is 0.870. The summed E-state index contributed by atoms with van der Waals surface area (Å²) in [5.41, 5.74) is 2.59. The maximum absolute atomic E-state index is 4.48. The first-order valence-corrected chi connectivity index (χ1v) is 8.10. The van der Waals surface area contributed by atoms with Gasteiger partial charge in [-0.05, 0) is 39.9 Å². The van der Waals surface area contributed by atoms with Gasteiger partial charge in [0.15, 0.2) is 0 Å². The van der Waals surface area contributed by atoms with Crippen molar-refractivity contribution >= 4 is 27.7 Å². The Labute approximate surface area is 134 Å². The van der Waals surface area contributed by atoms with E-state index in [1.165, 1.54) is 11.1 Å². The lowest BCUT2D eigenvalue weighted by Gasteiger charge is -2.10. The minimum atomic E-state index is 0.656. The Morgan fingerprint density at radius 3 is 2.43 bits per heavy atom. The van der Waals surface area contributed by atoms with Crippen molar-refractivity contribution in [1.82, 2.24) is 9.97 Å². The van der Waals surface area contributed by atoms with E-state index in [2.05, 4.69) is 74.6 Å².